The van der Waals surface area contributed by atoms with E-state index < -0.39 is 0 Å². The van der Waals surface area contributed by atoms with Crippen molar-refractivity contribution in [2.75, 3.05) is 0 Å². The second-order valence-corrected chi connectivity index (χ2v) is 10.6. The van der Waals surface area contributed by atoms with Gasteiger partial charge >= 0.3 is 0 Å². The van der Waals surface area contributed by atoms with Crippen molar-refractivity contribution >= 4 is 9.24 Å². The van der Waals surface area contributed by atoms with Crippen LogP contribution in [0.4, 0.5) is 0 Å². The van der Waals surface area contributed by atoms with E-state index in [2.05, 4.69) is 30.0 Å². The number of rotatable bonds is 21. The first-order valence-electron chi connectivity index (χ1n) is 12.5. The molecule has 0 aliphatic rings. The third-order valence-corrected chi connectivity index (χ3v) is 7.24. The van der Waals surface area contributed by atoms with Crippen molar-refractivity contribution in [1.82, 2.24) is 0 Å². The van der Waals surface area contributed by atoms with Gasteiger partial charge in [0.05, 0.1) is 5.16 Å². The molecule has 158 valence electrons. The van der Waals surface area contributed by atoms with Crippen molar-refractivity contribution in [2.45, 2.75) is 161 Å². The Morgan fingerprint density at radius 2 is 0.615 bits per heavy atom. The molecule has 0 amide bonds. The van der Waals surface area contributed by atoms with Gasteiger partial charge < -0.3 is 0 Å². The largest absolute Gasteiger partial charge is 0.0731 e. The smallest absolute Gasteiger partial charge is 0.0654 e. The first-order valence-corrected chi connectivity index (χ1v) is 13.2. The summed E-state index contributed by atoms with van der Waals surface area (Å²) in [5.74, 6) is 0. The van der Waals surface area contributed by atoms with Gasteiger partial charge in [-0.25, -0.2) is 0 Å². The molecule has 0 aliphatic heterocycles. The molecule has 0 spiro atoms. The van der Waals surface area contributed by atoms with E-state index in [1.54, 1.807) is 0 Å². The average Bonchev–Trinajstić information content (AvgIpc) is 2.64. The van der Waals surface area contributed by atoms with Gasteiger partial charge in [-0.3, -0.25) is 0 Å². The van der Waals surface area contributed by atoms with Gasteiger partial charge in [0.15, 0.2) is 0 Å². The van der Waals surface area contributed by atoms with Gasteiger partial charge in [0, 0.05) is 0 Å². The SMILES string of the molecule is CCCCCCCCC([PH3+])(CCCCCCCC)CCCCCCCC. The van der Waals surface area contributed by atoms with Crippen LogP contribution >= 0.6 is 9.24 Å². The lowest BCUT2D eigenvalue weighted by molar-refractivity contribution is 0.402. The zero-order valence-corrected chi connectivity index (χ0v) is 20.5. The molecule has 0 radical (unpaired) electrons. The lowest BCUT2D eigenvalue weighted by Gasteiger charge is -2.25. The van der Waals surface area contributed by atoms with Crippen LogP contribution in [0.15, 0.2) is 0 Å². The van der Waals surface area contributed by atoms with Crippen molar-refractivity contribution in [3.8, 4) is 0 Å². The Kier molecular flexibility index (Phi) is 20.5. The van der Waals surface area contributed by atoms with Gasteiger partial charge in [-0.05, 0) is 47.8 Å². The predicted molar refractivity (Wildman–Crippen MR) is 128 cm³/mol. The zero-order chi connectivity index (χ0) is 19.3. The van der Waals surface area contributed by atoms with E-state index in [-0.39, 0.29) is 0 Å². The van der Waals surface area contributed by atoms with Crippen LogP contribution in [0.3, 0.4) is 0 Å². The van der Waals surface area contributed by atoms with Crippen LogP contribution in [0.25, 0.3) is 0 Å². The van der Waals surface area contributed by atoms with Crippen LogP contribution in [0, 0.1) is 0 Å². The van der Waals surface area contributed by atoms with Crippen LogP contribution in [0.1, 0.15) is 156 Å². The molecule has 0 aromatic heterocycles. The van der Waals surface area contributed by atoms with Crippen LogP contribution < -0.4 is 0 Å². The molecule has 1 unspecified atom stereocenters. The Hall–Kier alpha value is 0.430. The highest BCUT2D eigenvalue weighted by molar-refractivity contribution is 7.19. The molecule has 0 aromatic carbocycles. The quantitative estimate of drug-likeness (QED) is 0.136. The number of hydrogen-bond donors (Lipinski definition) is 0. The molecule has 0 rings (SSSR count). The van der Waals surface area contributed by atoms with Gasteiger partial charge in [-0.15, -0.1) is 0 Å². The maximum absolute atomic E-state index is 2.38. The number of unbranched alkanes of at least 4 members (excludes halogenated alkanes) is 15. The fourth-order valence-electron chi connectivity index (χ4n) is 4.22. The minimum Gasteiger partial charge on any atom is -0.0654 e. The fraction of sp³-hybridized carbons (Fsp3) is 1.00. The first-order chi connectivity index (χ1) is 12.7. The Bertz CT molecular complexity index is 220. The minimum atomic E-state index is 0.667. The van der Waals surface area contributed by atoms with E-state index in [1.807, 2.05) is 0 Å². The zero-order valence-electron chi connectivity index (χ0n) is 19.1. The van der Waals surface area contributed by atoms with E-state index in [0.29, 0.717) is 5.16 Å². The van der Waals surface area contributed by atoms with Crippen molar-refractivity contribution in [3.05, 3.63) is 0 Å². The Balaban J connectivity index is 4.02. The van der Waals surface area contributed by atoms with Crippen LogP contribution in [0.5, 0.6) is 0 Å². The van der Waals surface area contributed by atoms with Crippen LogP contribution in [0.2, 0.25) is 0 Å². The van der Waals surface area contributed by atoms with Gasteiger partial charge in [-0.2, -0.15) is 0 Å². The highest BCUT2D eigenvalue weighted by atomic mass is 31.0. The molecule has 1 heteroatoms. The fourth-order valence-corrected chi connectivity index (χ4v) is 4.97. The van der Waals surface area contributed by atoms with Crippen molar-refractivity contribution in [3.63, 3.8) is 0 Å². The van der Waals surface area contributed by atoms with Crippen molar-refractivity contribution in [1.29, 1.82) is 0 Å². The second kappa shape index (κ2) is 20.2. The topological polar surface area (TPSA) is 0 Å². The monoisotopic (exact) mass is 385 g/mol. The normalized spacial score (nSPS) is 12.1. The van der Waals surface area contributed by atoms with Gasteiger partial charge in [-0.1, -0.05) is 117 Å². The van der Waals surface area contributed by atoms with E-state index in [1.165, 1.54) is 135 Å². The first kappa shape index (κ1) is 26.4. The maximum Gasteiger partial charge on any atom is 0.0731 e. The van der Waals surface area contributed by atoms with Crippen molar-refractivity contribution in [2.24, 2.45) is 0 Å². The summed E-state index contributed by atoms with van der Waals surface area (Å²) in [6.07, 6.45) is 30.6. The van der Waals surface area contributed by atoms with E-state index in [9.17, 15) is 0 Å². The van der Waals surface area contributed by atoms with Gasteiger partial charge in [0.2, 0.25) is 0 Å². The van der Waals surface area contributed by atoms with E-state index in [0.717, 1.165) is 0 Å². The summed E-state index contributed by atoms with van der Waals surface area (Å²) in [6, 6.07) is 0. The lowest BCUT2D eigenvalue weighted by atomic mass is 9.88. The molecule has 0 fully saturated rings. The highest BCUT2D eigenvalue weighted by Gasteiger charge is 2.28. The summed E-state index contributed by atoms with van der Waals surface area (Å²) in [4.78, 5) is 0. The molecule has 0 aliphatic carbocycles. The molecule has 0 nitrogen and oxygen atoms in total. The summed E-state index contributed by atoms with van der Waals surface area (Å²) in [5, 5.41) is 0.667. The summed E-state index contributed by atoms with van der Waals surface area (Å²) in [5.41, 5.74) is 0. The predicted octanol–water partition coefficient (Wildman–Crippen LogP) is 9.58. The Morgan fingerprint density at radius 1 is 0.385 bits per heavy atom. The molecule has 0 aromatic rings. The van der Waals surface area contributed by atoms with Crippen molar-refractivity contribution < 1.29 is 0 Å². The summed E-state index contributed by atoms with van der Waals surface area (Å²) in [7, 11) is 2.38. The maximum atomic E-state index is 2.38. The summed E-state index contributed by atoms with van der Waals surface area (Å²) in [6.45, 7) is 6.96. The molecule has 0 bridgehead atoms. The molecule has 26 heavy (non-hydrogen) atoms. The average molecular weight is 386 g/mol. The van der Waals surface area contributed by atoms with Crippen LogP contribution in [-0.2, 0) is 0 Å². The Morgan fingerprint density at radius 3 is 0.885 bits per heavy atom. The van der Waals surface area contributed by atoms with Gasteiger partial charge in [0.25, 0.3) is 0 Å². The summed E-state index contributed by atoms with van der Waals surface area (Å²) < 4.78 is 0. The third-order valence-electron chi connectivity index (χ3n) is 6.18. The second-order valence-electron chi connectivity index (χ2n) is 9.05. The number of hydrogen-bond acceptors (Lipinski definition) is 0. The highest BCUT2D eigenvalue weighted by Crippen LogP contribution is 2.37. The van der Waals surface area contributed by atoms with Gasteiger partial charge in [0.1, 0.15) is 0 Å². The molecular weight excluding hydrogens is 331 g/mol. The molecule has 0 saturated heterocycles. The lowest BCUT2D eigenvalue weighted by Crippen LogP contribution is -2.20. The molecule has 0 saturated carbocycles. The minimum absolute atomic E-state index is 0.667. The summed E-state index contributed by atoms with van der Waals surface area (Å²) >= 11 is 0. The molecule has 0 heterocycles. The van der Waals surface area contributed by atoms with Crippen LogP contribution in [-0.4, -0.2) is 5.16 Å². The Labute approximate surface area is 170 Å². The standard InChI is InChI=1S/C25H53P/c1-4-7-10-13-16-19-22-25(26,23-20-17-14-11-8-5-2)24-21-18-15-12-9-6-3/h4-24,26H2,1-3H3/p+1. The molecule has 0 N–H and O–H groups in total. The molecular formula is C25H54P+. The van der Waals surface area contributed by atoms with E-state index >= 15 is 0 Å². The molecule has 1 atom stereocenters. The van der Waals surface area contributed by atoms with E-state index in [4.69, 9.17) is 0 Å². The third kappa shape index (κ3) is 17.8.